The number of carbonyl (C=O) groups excluding carboxylic acids is 1. The van der Waals surface area contributed by atoms with Gasteiger partial charge in [-0.2, -0.15) is 0 Å². The van der Waals surface area contributed by atoms with Gasteiger partial charge in [-0.3, -0.25) is 4.79 Å². The standard InChI is InChI=1S/C13H20N2O2/c1-3-8-14-12-7-5-4-6-11(12)13(16)15-9-10-17-2/h4-7,14H,3,8-10H2,1-2H3,(H,15,16). The van der Waals surface area contributed by atoms with E-state index in [1.807, 2.05) is 24.3 Å². The van der Waals surface area contributed by atoms with Crippen molar-refractivity contribution in [2.24, 2.45) is 0 Å². The molecule has 0 bridgehead atoms. The Balaban J connectivity index is 2.64. The van der Waals surface area contributed by atoms with Crippen LogP contribution in [0.2, 0.25) is 0 Å². The summed E-state index contributed by atoms with van der Waals surface area (Å²) >= 11 is 0. The van der Waals surface area contributed by atoms with Crippen molar-refractivity contribution >= 4 is 11.6 Å². The summed E-state index contributed by atoms with van der Waals surface area (Å²) in [5.41, 5.74) is 1.56. The number of methoxy groups -OCH3 is 1. The number of carbonyl (C=O) groups is 1. The first-order chi connectivity index (χ1) is 8.29. The Morgan fingerprint density at radius 2 is 2.06 bits per heavy atom. The van der Waals surface area contributed by atoms with E-state index < -0.39 is 0 Å². The second-order valence-electron chi connectivity index (χ2n) is 3.72. The molecule has 0 atom stereocenters. The summed E-state index contributed by atoms with van der Waals surface area (Å²) in [4.78, 5) is 11.9. The zero-order valence-electron chi connectivity index (χ0n) is 10.5. The van der Waals surface area contributed by atoms with E-state index in [4.69, 9.17) is 4.74 Å². The lowest BCUT2D eigenvalue weighted by Gasteiger charge is -2.11. The number of rotatable bonds is 7. The first-order valence-electron chi connectivity index (χ1n) is 5.89. The molecule has 0 saturated carbocycles. The molecule has 0 aliphatic carbocycles. The summed E-state index contributed by atoms with van der Waals surface area (Å²) in [6.45, 7) is 4.00. The van der Waals surface area contributed by atoms with Gasteiger partial charge in [0, 0.05) is 25.9 Å². The summed E-state index contributed by atoms with van der Waals surface area (Å²) < 4.78 is 4.89. The average Bonchev–Trinajstić information content (AvgIpc) is 2.37. The Morgan fingerprint density at radius 3 is 2.76 bits per heavy atom. The summed E-state index contributed by atoms with van der Waals surface area (Å²) in [6, 6.07) is 7.52. The SMILES string of the molecule is CCCNc1ccccc1C(=O)NCCOC. The lowest BCUT2D eigenvalue weighted by Crippen LogP contribution is -2.27. The van der Waals surface area contributed by atoms with Crippen molar-refractivity contribution in [3.8, 4) is 0 Å². The van der Waals surface area contributed by atoms with E-state index in [0.717, 1.165) is 18.7 Å². The Kier molecular flexibility index (Phi) is 6.10. The van der Waals surface area contributed by atoms with Crippen LogP contribution < -0.4 is 10.6 Å². The van der Waals surface area contributed by atoms with Gasteiger partial charge in [-0.25, -0.2) is 0 Å². The van der Waals surface area contributed by atoms with Crippen molar-refractivity contribution in [1.82, 2.24) is 5.32 Å². The zero-order chi connectivity index (χ0) is 12.5. The second-order valence-corrected chi connectivity index (χ2v) is 3.72. The largest absolute Gasteiger partial charge is 0.384 e. The highest BCUT2D eigenvalue weighted by atomic mass is 16.5. The predicted molar refractivity (Wildman–Crippen MR) is 69.4 cm³/mol. The summed E-state index contributed by atoms with van der Waals surface area (Å²) in [5, 5.41) is 6.05. The smallest absolute Gasteiger partial charge is 0.253 e. The number of anilines is 1. The number of hydrogen-bond acceptors (Lipinski definition) is 3. The van der Waals surface area contributed by atoms with Crippen molar-refractivity contribution in [3.05, 3.63) is 29.8 Å². The van der Waals surface area contributed by atoms with Gasteiger partial charge in [-0.05, 0) is 18.6 Å². The molecule has 4 nitrogen and oxygen atoms in total. The fraction of sp³-hybridized carbons (Fsp3) is 0.462. The zero-order valence-corrected chi connectivity index (χ0v) is 10.5. The van der Waals surface area contributed by atoms with Crippen LogP contribution in [-0.4, -0.2) is 32.7 Å². The molecule has 94 valence electrons. The molecule has 0 unspecified atom stereocenters. The van der Waals surface area contributed by atoms with Crippen LogP contribution in [0.5, 0.6) is 0 Å². The van der Waals surface area contributed by atoms with Gasteiger partial charge in [0.05, 0.1) is 12.2 Å². The third-order valence-corrected chi connectivity index (χ3v) is 2.33. The van der Waals surface area contributed by atoms with Crippen LogP contribution in [0, 0.1) is 0 Å². The molecule has 0 aromatic heterocycles. The van der Waals surface area contributed by atoms with E-state index in [-0.39, 0.29) is 5.91 Å². The fourth-order valence-electron chi connectivity index (χ4n) is 1.46. The number of para-hydroxylation sites is 1. The molecule has 0 saturated heterocycles. The maximum Gasteiger partial charge on any atom is 0.253 e. The molecule has 0 heterocycles. The second kappa shape index (κ2) is 7.68. The normalized spacial score (nSPS) is 10.0. The van der Waals surface area contributed by atoms with E-state index >= 15 is 0 Å². The van der Waals surface area contributed by atoms with Gasteiger partial charge in [-0.15, -0.1) is 0 Å². The Morgan fingerprint density at radius 1 is 1.29 bits per heavy atom. The molecule has 0 spiro atoms. The molecule has 0 radical (unpaired) electrons. The van der Waals surface area contributed by atoms with Crippen molar-refractivity contribution < 1.29 is 9.53 Å². The van der Waals surface area contributed by atoms with E-state index in [2.05, 4.69) is 17.6 Å². The molecule has 1 amide bonds. The molecule has 2 N–H and O–H groups in total. The maximum atomic E-state index is 11.9. The first-order valence-corrected chi connectivity index (χ1v) is 5.89. The molecule has 0 aliphatic rings. The minimum Gasteiger partial charge on any atom is -0.384 e. The van der Waals surface area contributed by atoms with Crippen molar-refractivity contribution in [3.63, 3.8) is 0 Å². The van der Waals surface area contributed by atoms with Gasteiger partial charge in [-0.1, -0.05) is 19.1 Å². The number of amides is 1. The van der Waals surface area contributed by atoms with E-state index in [1.54, 1.807) is 7.11 Å². The molecule has 4 heteroatoms. The van der Waals surface area contributed by atoms with Gasteiger partial charge in [0.25, 0.3) is 5.91 Å². The summed E-state index contributed by atoms with van der Waals surface area (Å²) in [6.07, 6.45) is 1.03. The molecule has 0 fully saturated rings. The average molecular weight is 236 g/mol. The van der Waals surface area contributed by atoms with Crippen LogP contribution in [-0.2, 0) is 4.74 Å². The van der Waals surface area contributed by atoms with Gasteiger partial charge in [0.1, 0.15) is 0 Å². The van der Waals surface area contributed by atoms with E-state index in [0.29, 0.717) is 18.7 Å². The van der Waals surface area contributed by atoms with Crippen molar-refractivity contribution in [2.75, 3.05) is 32.1 Å². The molecule has 0 aliphatic heterocycles. The lowest BCUT2D eigenvalue weighted by atomic mass is 10.1. The molecule has 1 aromatic rings. The van der Waals surface area contributed by atoms with Gasteiger partial charge < -0.3 is 15.4 Å². The molecule has 1 aromatic carbocycles. The Labute approximate surface area is 102 Å². The van der Waals surface area contributed by atoms with Crippen molar-refractivity contribution in [2.45, 2.75) is 13.3 Å². The number of benzene rings is 1. The highest BCUT2D eigenvalue weighted by Gasteiger charge is 2.09. The van der Waals surface area contributed by atoms with Crippen LogP contribution in [0.3, 0.4) is 0 Å². The molecule has 1 rings (SSSR count). The lowest BCUT2D eigenvalue weighted by molar-refractivity contribution is 0.0938. The third-order valence-electron chi connectivity index (χ3n) is 2.33. The summed E-state index contributed by atoms with van der Waals surface area (Å²) in [5.74, 6) is -0.0683. The quantitative estimate of drug-likeness (QED) is 0.711. The highest BCUT2D eigenvalue weighted by molar-refractivity contribution is 5.99. The highest BCUT2D eigenvalue weighted by Crippen LogP contribution is 2.14. The van der Waals surface area contributed by atoms with Gasteiger partial charge in [0.15, 0.2) is 0 Å². The summed E-state index contributed by atoms with van der Waals surface area (Å²) in [7, 11) is 1.61. The van der Waals surface area contributed by atoms with Crippen LogP contribution >= 0.6 is 0 Å². The van der Waals surface area contributed by atoms with Crippen LogP contribution in [0.4, 0.5) is 5.69 Å². The minimum absolute atomic E-state index is 0.0683. The van der Waals surface area contributed by atoms with Crippen LogP contribution in [0.1, 0.15) is 23.7 Å². The van der Waals surface area contributed by atoms with Crippen LogP contribution in [0.15, 0.2) is 24.3 Å². The Hall–Kier alpha value is -1.55. The molecule has 17 heavy (non-hydrogen) atoms. The third kappa shape index (κ3) is 4.44. The topological polar surface area (TPSA) is 50.4 Å². The number of ether oxygens (including phenoxy) is 1. The predicted octanol–water partition coefficient (Wildman–Crippen LogP) is 1.88. The van der Waals surface area contributed by atoms with Gasteiger partial charge in [0.2, 0.25) is 0 Å². The van der Waals surface area contributed by atoms with Crippen molar-refractivity contribution in [1.29, 1.82) is 0 Å². The molecular formula is C13H20N2O2. The first kappa shape index (κ1) is 13.5. The van der Waals surface area contributed by atoms with E-state index in [1.165, 1.54) is 0 Å². The number of hydrogen-bond donors (Lipinski definition) is 2. The van der Waals surface area contributed by atoms with Crippen LogP contribution in [0.25, 0.3) is 0 Å². The minimum atomic E-state index is -0.0683. The molecular weight excluding hydrogens is 216 g/mol. The number of nitrogens with one attached hydrogen (secondary N) is 2. The maximum absolute atomic E-state index is 11.9. The van der Waals surface area contributed by atoms with Gasteiger partial charge >= 0.3 is 0 Å². The van der Waals surface area contributed by atoms with E-state index in [9.17, 15) is 4.79 Å². The fourth-order valence-corrected chi connectivity index (χ4v) is 1.46. The Bertz CT molecular complexity index is 353. The monoisotopic (exact) mass is 236 g/mol.